The van der Waals surface area contributed by atoms with Gasteiger partial charge in [-0.15, -0.1) is 0 Å². The molecule has 0 aliphatic heterocycles. The minimum Gasteiger partial charge on any atom is -0.391 e. The molecule has 4 rings (SSSR count). The Labute approximate surface area is 138 Å². The van der Waals surface area contributed by atoms with E-state index in [1.807, 2.05) is 27.5 Å². The summed E-state index contributed by atoms with van der Waals surface area (Å²) in [6, 6.07) is 5.22. The van der Waals surface area contributed by atoms with Crippen molar-refractivity contribution in [2.75, 3.05) is 0 Å². The first-order chi connectivity index (χ1) is 11.7. The van der Waals surface area contributed by atoms with Crippen molar-refractivity contribution in [1.29, 1.82) is 0 Å². The van der Waals surface area contributed by atoms with Crippen LogP contribution in [0.2, 0.25) is 0 Å². The molecule has 0 aromatic carbocycles. The van der Waals surface area contributed by atoms with Crippen molar-refractivity contribution in [3.05, 3.63) is 54.9 Å². The predicted molar refractivity (Wildman–Crippen MR) is 87.4 cm³/mol. The van der Waals surface area contributed by atoms with Crippen molar-refractivity contribution in [3.63, 3.8) is 0 Å². The van der Waals surface area contributed by atoms with E-state index in [2.05, 4.69) is 15.4 Å². The van der Waals surface area contributed by atoms with Crippen molar-refractivity contribution < 1.29 is 9.90 Å². The topological polar surface area (TPSA) is 84.5 Å². The van der Waals surface area contributed by atoms with Crippen LogP contribution in [0.5, 0.6) is 0 Å². The van der Waals surface area contributed by atoms with Crippen molar-refractivity contribution in [2.24, 2.45) is 5.92 Å². The van der Waals surface area contributed by atoms with Gasteiger partial charge in [-0.2, -0.15) is 5.10 Å². The van der Waals surface area contributed by atoms with Gasteiger partial charge in [0.15, 0.2) is 0 Å². The van der Waals surface area contributed by atoms with Crippen LogP contribution in [-0.4, -0.2) is 42.3 Å². The Morgan fingerprint density at radius 3 is 3.12 bits per heavy atom. The number of pyridine rings is 1. The summed E-state index contributed by atoms with van der Waals surface area (Å²) in [6.07, 6.45) is 9.78. The summed E-state index contributed by atoms with van der Waals surface area (Å²) in [6.45, 7) is 0.762. The fourth-order valence-electron chi connectivity index (χ4n) is 3.41. The number of aliphatic hydroxyl groups excluding tert-OH is 1. The maximum Gasteiger partial charge on any atom is 0.251 e. The highest BCUT2D eigenvalue weighted by atomic mass is 16.3. The molecule has 24 heavy (non-hydrogen) atoms. The van der Waals surface area contributed by atoms with E-state index < -0.39 is 6.10 Å². The second-order valence-electron chi connectivity index (χ2n) is 6.35. The fourth-order valence-corrected chi connectivity index (χ4v) is 3.41. The van der Waals surface area contributed by atoms with Crippen LogP contribution in [0.15, 0.2) is 49.3 Å². The largest absolute Gasteiger partial charge is 0.391 e. The van der Waals surface area contributed by atoms with Gasteiger partial charge in [-0.25, -0.2) is 4.98 Å². The Bertz CT molecular complexity index is 842. The number of imidazole rings is 1. The van der Waals surface area contributed by atoms with Crippen LogP contribution in [0.1, 0.15) is 23.2 Å². The molecule has 1 saturated carbocycles. The lowest BCUT2D eigenvalue weighted by molar-refractivity contribution is 0.0873. The predicted octanol–water partition coefficient (Wildman–Crippen LogP) is 1.10. The number of fused-ring (bicyclic) bond motifs is 1. The van der Waals surface area contributed by atoms with Crippen LogP contribution in [0, 0.1) is 5.92 Å². The molecule has 1 aliphatic carbocycles. The molecule has 7 nitrogen and oxygen atoms in total. The van der Waals surface area contributed by atoms with Gasteiger partial charge in [-0.05, 0) is 37.0 Å². The molecular formula is C17H19N5O2. The molecule has 0 saturated heterocycles. The molecular weight excluding hydrogens is 306 g/mol. The van der Waals surface area contributed by atoms with Gasteiger partial charge >= 0.3 is 0 Å². The highest BCUT2D eigenvalue weighted by Crippen LogP contribution is 2.27. The van der Waals surface area contributed by atoms with E-state index in [-0.39, 0.29) is 11.9 Å². The van der Waals surface area contributed by atoms with Gasteiger partial charge in [0.1, 0.15) is 0 Å². The zero-order chi connectivity index (χ0) is 16.5. The number of rotatable bonds is 4. The summed E-state index contributed by atoms with van der Waals surface area (Å²) in [4.78, 5) is 16.5. The number of nitrogens with one attached hydrogen (secondary N) is 1. The van der Waals surface area contributed by atoms with Crippen LogP contribution in [0.25, 0.3) is 5.52 Å². The third-order valence-corrected chi connectivity index (χ3v) is 4.62. The summed E-state index contributed by atoms with van der Waals surface area (Å²) in [5.41, 5.74) is 1.44. The van der Waals surface area contributed by atoms with E-state index in [1.54, 1.807) is 30.9 Å². The molecule has 1 fully saturated rings. The molecule has 1 unspecified atom stereocenters. The quantitative estimate of drug-likeness (QED) is 0.752. The van der Waals surface area contributed by atoms with E-state index in [4.69, 9.17) is 0 Å². The summed E-state index contributed by atoms with van der Waals surface area (Å²) in [5, 5.41) is 17.4. The van der Waals surface area contributed by atoms with E-state index in [9.17, 15) is 9.90 Å². The van der Waals surface area contributed by atoms with Crippen LogP contribution in [0.3, 0.4) is 0 Å². The number of aromatic nitrogens is 4. The molecule has 0 spiro atoms. The van der Waals surface area contributed by atoms with Crippen molar-refractivity contribution in [3.8, 4) is 0 Å². The lowest BCUT2D eigenvalue weighted by Gasteiger charge is -2.16. The first kappa shape index (κ1) is 14.9. The molecule has 1 aliphatic rings. The molecule has 7 heteroatoms. The summed E-state index contributed by atoms with van der Waals surface area (Å²) < 4.78 is 3.72. The molecule has 0 bridgehead atoms. The smallest absolute Gasteiger partial charge is 0.251 e. The first-order valence-corrected chi connectivity index (χ1v) is 8.07. The average Bonchev–Trinajstić information content (AvgIpc) is 3.29. The van der Waals surface area contributed by atoms with E-state index in [0.29, 0.717) is 17.9 Å². The van der Waals surface area contributed by atoms with Crippen molar-refractivity contribution in [1.82, 2.24) is 24.5 Å². The molecule has 3 aromatic heterocycles. The van der Waals surface area contributed by atoms with Gasteiger partial charge in [0.05, 0.1) is 30.2 Å². The number of carbonyl (C=O) groups is 1. The summed E-state index contributed by atoms with van der Waals surface area (Å²) in [7, 11) is 0. The Kier molecular flexibility index (Phi) is 3.78. The monoisotopic (exact) mass is 325 g/mol. The Morgan fingerprint density at radius 2 is 2.29 bits per heavy atom. The van der Waals surface area contributed by atoms with Crippen molar-refractivity contribution in [2.45, 2.75) is 31.5 Å². The molecule has 3 atom stereocenters. The zero-order valence-corrected chi connectivity index (χ0v) is 13.1. The first-order valence-electron chi connectivity index (χ1n) is 8.07. The minimum atomic E-state index is -0.520. The number of hydrogen-bond donors (Lipinski definition) is 2. The lowest BCUT2D eigenvalue weighted by atomic mass is 10.1. The molecule has 3 heterocycles. The van der Waals surface area contributed by atoms with E-state index >= 15 is 0 Å². The summed E-state index contributed by atoms with van der Waals surface area (Å²) in [5.74, 6) is 0.144. The second-order valence-corrected chi connectivity index (χ2v) is 6.35. The number of carbonyl (C=O) groups excluding carboxylic acids is 1. The molecule has 2 N–H and O–H groups in total. The molecule has 1 amide bonds. The van der Waals surface area contributed by atoms with Crippen LogP contribution < -0.4 is 5.32 Å². The van der Waals surface area contributed by atoms with Crippen LogP contribution in [0.4, 0.5) is 0 Å². The molecule has 0 radical (unpaired) electrons. The van der Waals surface area contributed by atoms with Crippen LogP contribution in [-0.2, 0) is 6.54 Å². The van der Waals surface area contributed by atoms with Crippen LogP contribution >= 0.6 is 0 Å². The fraction of sp³-hybridized carbons (Fsp3) is 0.353. The SMILES string of the molecule is O=C(N[C@@H]1CC(Cn2cccn2)C[C@H]1O)c1ccn2cncc2c1. The Hall–Kier alpha value is -2.67. The number of amides is 1. The van der Waals surface area contributed by atoms with E-state index in [1.165, 1.54) is 0 Å². The molecule has 3 aromatic rings. The van der Waals surface area contributed by atoms with E-state index in [0.717, 1.165) is 18.5 Å². The Morgan fingerprint density at radius 1 is 1.38 bits per heavy atom. The molecule has 124 valence electrons. The zero-order valence-electron chi connectivity index (χ0n) is 13.1. The van der Waals surface area contributed by atoms with Gasteiger partial charge < -0.3 is 14.8 Å². The highest BCUT2D eigenvalue weighted by molar-refractivity contribution is 5.95. The second kappa shape index (κ2) is 6.09. The number of hydrogen-bond acceptors (Lipinski definition) is 4. The standard InChI is InChI=1S/C17H19N5O2/c23-16-7-12(10-22-4-1-3-19-22)6-15(16)20-17(24)13-2-5-21-11-18-9-14(21)8-13/h1-5,8-9,11-12,15-16,23H,6-7,10H2,(H,20,24)/t12?,15-,16-/m1/s1. The third-order valence-electron chi connectivity index (χ3n) is 4.62. The van der Waals surface area contributed by atoms with Gasteiger partial charge in [0.2, 0.25) is 0 Å². The average molecular weight is 325 g/mol. The third kappa shape index (κ3) is 2.90. The van der Waals surface area contributed by atoms with Gasteiger partial charge in [-0.1, -0.05) is 0 Å². The number of aliphatic hydroxyl groups is 1. The maximum atomic E-state index is 12.5. The highest BCUT2D eigenvalue weighted by Gasteiger charge is 2.34. The maximum absolute atomic E-state index is 12.5. The van der Waals surface area contributed by atoms with Gasteiger partial charge in [0, 0.05) is 30.7 Å². The van der Waals surface area contributed by atoms with Gasteiger partial charge in [-0.3, -0.25) is 9.48 Å². The Balaban J connectivity index is 1.41. The normalized spacial score (nSPS) is 23.6. The number of nitrogens with zero attached hydrogens (tertiary/aromatic N) is 4. The summed E-state index contributed by atoms with van der Waals surface area (Å²) >= 11 is 0. The minimum absolute atomic E-state index is 0.164. The van der Waals surface area contributed by atoms with Gasteiger partial charge in [0.25, 0.3) is 5.91 Å². The lowest BCUT2D eigenvalue weighted by Crippen LogP contribution is -2.39. The van der Waals surface area contributed by atoms with Crippen molar-refractivity contribution >= 4 is 11.4 Å².